The summed E-state index contributed by atoms with van der Waals surface area (Å²) in [4.78, 5) is 32.0. The minimum atomic E-state index is -0.341. The quantitative estimate of drug-likeness (QED) is 0.525. The lowest BCUT2D eigenvalue weighted by atomic mass is 9.97. The predicted octanol–water partition coefficient (Wildman–Crippen LogP) is 5.67. The van der Waals surface area contributed by atoms with Crippen molar-refractivity contribution in [3.63, 3.8) is 0 Å². The monoisotopic (exact) mass is 451 g/mol. The van der Waals surface area contributed by atoms with Crippen LogP contribution in [0.3, 0.4) is 0 Å². The van der Waals surface area contributed by atoms with E-state index >= 15 is 0 Å². The van der Waals surface area contributed by atoms with E-state index in [4.69, 9.17) is 0 Å². The third-order valence-corrected chi connectivity index (χ3v) is 6.59. The van der Waals surface area contributed by atoms with E-state index in [9.17, 15) is 14.0 Å². The van der Waals surface area contributed by atoms with Gasteiger partial charge in [0.25, 0.3) is 5.91 Å². The first-order chi connectivity index (χ1) is 15.5. The molecule has 1 aromatic heterocycles. The first kappa shape index (κ1) is 22.1. The Labute approximate surface area is 191 Å². The van der Waals surface area contributed by atoms with Crippen LogP contribution < -0.4 is 5.32 Å². The number of nitrogens with zero attached hydrogens (tertiary/aromatic N) is 2. The minimum Gasteiger partial charge on any atom is -0.334 e. The molecule has 32 heavy (non-hydrogen) atoms. The summed E-state index contributed by atoms with van der Waals surface area (Å²) in [6, 6.07) is 13.8. The third-order valence-electron chi connectivity index (χ3n) is 5.76. The van der Waals surface area contributed by atoms with Gasteiger partial charge in [0.2, 0.25) is 5.91 Å². The van der Waals surface area contributed by atoms with Gasteiger partial charge in [-0.25, -0.2) is 9.37 Å². The molecule has 0 radical (unpaired) electrons. The Kier molecular flexibility index (Phi) is 6.95. The van der Waals surface area contributed by atoms with Gasteiger partial charge in [0.05, 0.1) is 5.69 Å². The fourth-order valence-corrected chi connectivity index (χ4v) is 4.76. The van der Waals surface area contributed by atoms with E-state index in [1.165, 1.54) is 41.2 Å². The fourth-order valence-electron chi connectivity index (χ4n) is 3.97. The van der Waals surface area contributed by atoms with Gasteiger partial charge in [-0.15, -0.1) is 11.3 Å². The Balaban J connectivity index is 1.38. The summed E-state index contributed by atoms with van der Waals surface area (Å²) in [5, 5.41) is 5.20. The molecule has 1 saturated heterocycles. The van der Waals surface area contributed by atoms with Crippen LogP contribution in [0.5, 0.6) is 0 Å². The standard InChI is InChI=1S/C25H26FN3O2S/c1-17-5-7-18(8-6-17)22-16-32-24(28-22)25(31)29-15-3-2-4-21(29)13-14-23(30)27-20-11-9-19(26)10-12-20/h5-12,16,21H,2-4,13-15H2,1H3,(H,27,30)/t21-/m0/s1. The van der Waals surface area contributed by atoms with Crippen molar-refractivity contribution >= 4 is 28.8 Å². The summed E-state index contributed by atoms with van der Waals surface area (Å²) in [6.07, 6.45) is 3.78. The summed E-state index contributed by atoms with van der Waals surface area (Å²) in [6.45, 7) is 2.72. The van der Waals surface area contributed by atoms with Gasteiger partial charge in [-0.2, -0.15) is 0 Å². The van der Waals surface area contributed by atoms with Crippen molar-refractivity contribution < 1.29 is 14.0 Å². The lowest BCUT2D eigenvalue weighted by Gasteiger charge is -2.35. The number of hydrogen-bond acceptors (Lipinski definition) is 4. The Bertz CT molecular complexity index is 1080. The molecule has 1 atom stereocenters. The van der Waals surface area contributed by atoms with Crippen LogP contribution in [0.25, 0.3) is 11.3 Å². The molecule has 3 aromatic rings. The smallest absolute Gasteiger partial charge is 0.283 e. The minimum absolute atomic E-state index is 0.0157. The van der Waals surface area contributed by atoms with E-state index in [1.807, 2.05) is 41.5 Å². The molecule has 4 rings (SSSR count). The molecule has 1 fully saturated rings. The topological polar surface area (TPSA) is 62.3 Å². The number of thiazole rings is 1. The lowest BCUT2D eigenvalue weighted by Crippen LogP contribution is -2.44. The molecule has 1 aliphatic rings. The van der Waals surface area contributed by atoms with Gasteiger partial charge < -0.3 is 10.2 Å². The molecule has 5 nitrogen and oxygen atoms in total. The maximum Gasteiger partial charge on any atom is 0.283 e. The molecule has 0 unspecified atom stereocenters. The van der Waals surface area contributed by atoms with Gasteiger partial charge in [-0.05, 0) is 56.9 Å². The maximum atomic E-state index is 13.2. The van der Waals surface area contributed by atoms with Gasteiger partial charge in [0.15, 0.2) is 5.01 Å². The van der Waals surface area contributed by atoms with E-state index in [0.29, 0.717) is 30.1 Å². The van der Waals surface area contributed by atoms with Crippen molar-refractivity contribution in [1.82, 2.24) is 9.88 Å². The zero-order valence-corrected chi connectivity index (χ0v) is 18.8. The van der Waals surface area contributed by atoms with Crippen molar-refractivity contribution in [2.45, 2.75) is 45.1 Å². The number of aromatic nitrogens is 1. The van der Waals surface area contributed by atoms with E-state index in [0.717, 1.165) is 30.5 Å². The number of aryl methyl sites for hydroxylation is 1. The van der Waals surface area contributed by atoms with Crippen LogP contribution >= 0.6 is 11.3 Å². The highest BCUT2D eigenvalue weighted by Crippen LogP contribution is 2.27. The van der Waals surface area contributed by atoms with Gasteiger partial charge in [-0.3, -0.25) is 9.59 Å². The highest BCUT2D eigenvalue weighted by molar-refractivity contribution is 7.12. The highest BCUT2D eigenvalue weighted by Gasteiger charge is 2.29. The summed E-state index contributed by atoms with van der Waals surface area (Å²) in [5.74, 6) is -0.533. The van der Waals surface area contributed by atoms with Gasteiger partial charge in [0.1, 0.15) is 5.82 Å². The number of rotatable bonds is 6. The fraction of sp³-hybridized carbons (Fsp3) is 0.320. The molecule has 0 saturated carbocycles. The largest absolute Gasteiger partial charge is 0.334 e. The molecule has 2 aromatic carbocycles. The Morgan fingerprint density at radius 2 is 1.88 bits per heavy atom. The maximum absolute atomic E-state index is 13.2. The SMILES string of the molecule is Cc1ccc(-c2csc(C(=O)N3CCCC[C@H]3CCC(=O)Nc3ccc(F)cc3)n2)cc1. The molecule has 2 heterocycles. The lowest BCUT2D eigenvalue weighted by molar-refractivity contribution is -0.116. The van der Waals surface area contributed by atoms with Gasteiger partial charge in [0, 0.05) is 35.6 Å². The molecule has 1 aliphatic heterocycles. The summed E-state index contributed by atoms with van der Waals surface area (Å²) < 4.78 is 13.0. The molecule has 0 aliphatic carbocycles. The summed E-state index contributed by atoms with van der Waals surface area (Å²) in [5.41, 5.74) is 3.56. The number of halogens is 1. The second-order valence-corrected chi connectivity index (χ2v) is 9.00. The first-order valence-electron chi connectivity index (χ1n) is 10.9. The van der Waals surface area contributed by atoms with Crippen LogP contribution in [0.1, 0.15) is 47.5 Å². The molecule has 0 bridgehead atoms. The van der Waals surface area contributed by atoms with Crippen molar-refractivity contribution in [2.75, 3.05) is 11.9 Å². The van der Waals surface area contributed by atoms with Crippen LogP contribution in [0.4, 0.5) is 10.1 Å². The summed E-state index contributed by atoms with van der Waals surface area (Å²) >= 11 is 1.37. The number of likely N-dealkylation sites (tertiary alicyclic amines) is 1. The molecule has 1 N–H and O–H groups in total. The second-order valence-electron chi connectivity index (χ2n) is 8.15. The predicted molar refractivity (Wildman–Crippen MR) is 125 cm³/mol. The Hall–Kier alpha value is -3.06. The van der Waals surface area contributed by atoms with Crippen molar-refractivity contribution in [2.24, 2.45) is 0 Å². The van der Waals surface area contributed by atoms with Gasteiger partial charge >= 0.3 is 0 Å². The van der Waals surface area contributed by atoms with Crippen molar-refractivity contribution in [3.05, 3.63) is 70.3 Å². The molecule has 166 valence electrons. The van der Waals surface area contributed by atoms with Crippen LogP contribution in [0.15, 0.2) is 53.9 Å². The number of benzene rings is 2. The molecule has 7 heteroatoms. The number of nitrogens with one attached hydrogen (secondary N) is 1. The third kappa shape index (κ3) is 5.40. The summed E-state index contributed by atoms with van der Waals surface area (Å²) in [7, 11) is 0. The average molecular weight is 452 g/mol. The molecule has 0 spiro atoms. The van der Waals surface area contributed by atoms with Crippen LogP contribution in [0.2, 0.25) is 0 Å². The van der Waals surface area contributed by atoms with E-state index in [-0.39, 0.29) is 23.7 Å². The van der Waals surface area contributed by atoms with Crippen LogP contribution in [-0.4, -0.2) is 34.3 Å². The first-order valence-corrected chi connectivity index (χ1v) is 11.8. The average Bonchev–Trinajstić information content (AvgIpc) is 3.30. The zero-order valence-electron chi connectivity index (χ0n) is 18.0. The molecular weight excluding hydrogens is 425 g/mol. The van der Waals surface area contributed by atoms with Crippen molar-refractivity contribution in [3.8, 4) is 11.3 Å². The van der Waals surface area contributed by atoms with E-state index < -0.39 is 0 Å². The van der Waals surface area contributed by atoms with E-state index in [2.05, 4.69) is 10.3 Å². The van der Waals surface area contributed by atoms with Crippen LogP contribution in [0, 0.1) is 12.7 Å². The molecular formula is C25H26FN3O2S. The van der Waals surface area contributed by atoms with Crippen LogP contribution in [-0.2, 0) is 4.79 Å². The number of piperidine rings is 1. The molecule has 2 amide bonds. The number of anilines is 1. The normalized spacial score (nSPS) is 16.1. The number of carbonyl (C=O) groups excluding carboxylic acids is 2. The second kappa shape index (κ2) is 10.0. The number of carbonyl (C=O) groups is 2. The zero-order chi connectivity index (χ0) is 22.5. The Morgan fingerprint density at radius 1 is 1.12 bits per heavy atom. The van der Waals surface area contributed by atoms with Gasteiger partial charge in [-0.1, -0.05) is 29.8 Å². The highest BCUT2D eigenvalue weighted by atomic mass is 32.1. The van der Waals surface area contributed by atoms with E-state index in [1.54, 1.807) is 0 Å². The number of hydrogen-bond donors (Lipinski definition) is 1. The Morgan fingerprint density at radius 3 is 2.62 bits per heavy atom. The number of amides is 2. The van der Waals surface area contributed by atoms with Crippen molar-refractivity contribution in [1.29, 1.82) is 0 Å².